The molecular weight excluding hydrogens is 204 g/mol. The molecule has 0 bridgehead atoms. The topological polar surface area (TPSA) is 65.2 Å². The molecule has 0 spiro atoms. The average molecular weight is 216 g/mol. The number of ether oxygens (including phenoxy) is 1. The summed E-state index contributed by atoms with van der Waals surface area (Å²) in [6, 6.07) is 7.53. The van der Waals surface area contributed by atoms with Gasteiger partial charge >= 0.3 is 5.97 Å². The van der Waals surface area contributed by atoms with Crippen molar-refractivity contribution in [3.8, 4) is 0 Å². The first kappa shape index (κ1) is 10.4. The monoisotopic (exact) mass is 216 g/mol. The highest BCUT2D eigenvalue weighted by atomic mass is 16.5. The number of anilines is 1. The number of benzene rings is 1. The molecule has 2 aromatic rings. The molecule has 16 heavy (non-hydrogen) atoms. The molecule has 0 atom stereocenters. The number of carbonyl (C=O) groups is 1. The number of nitrogens with zero attached hydrogens (tertiary/aromatic N) is 1. The number of carbonyl (C=O) groups excluding carboxylic acids is 1. The van der Waals surface area contributed by atoms with E-state index in [9.17, 15) is 4.79 Å². The highest BCUT2D eigenvalue weighted by Gasteiger charge is 2.12. The summed E-state index contributed by atoms with van der Waals surface area (Å²) in [7, 11) is 1.31. The number of esters is 1. The summed E-state index contributed by atoms with van der Waals surface area (Å²) in [6.45, 7) is 1.97. The van der Waals surface area contributed by atoms with Crippen LogP contribution in [0.1, 0.15) is 16.1 Å². The predicted octanol–water partition coefficient (Wildman–Crippen LogP) is 1.91. The summed E-state index contributed by atoms with van der Waals surface area (Å²) >= 11 is 0. The number of fused-ring (bicyclic) bond motifs is 1. The number of nitrogens with two attached hydrogens (primary N) is 1. The average Bonchev–Trinajstić information content (AvgIpc) is 2.28. The Morgan fingerprint density at radius 3 is 2.81 bits per heavy atom. The van der Waals surface area contributed by atoms with Crippen LogP contribution in [0.4, 0.5) is 5.69 Å². The molecule has 0 aliphatic rings. The fourth-order valence-electron chi connectivity index (χ4n) is 1.55. The largest absolute Gasteiger partial charge is 0.464 e. The number of hydrogen-bond donors (Lipinski definition) is 1. The Labute approximate surface area is 93.0 Å². The lowest BCUT2D eigenvalue weighted by Gasteiger charge is -2.05. The molecule has 0 aliphatic carbocycles. The van der Waals surface area contributed by atoms with E-state index in [1.54, 1.807) is 6.07 Å². The Morgan fingerprint density at radius 2 is 2.12 bits per heavy atom. The van der Waals surface area contributed by atoms with Crippen molar-refractivity contribution in [2.24, 2.45) is 0 Å². The third-order valence-electron chi connectivity index (χ3n) is 2.38. The molecule has 0 radical (unpaired) electrons. The van der Waals surface area contributed by atoms with Gasteiger partial charge in [-0.2, -0.15) is 0 Å². The molecule has 0 unspecified atom stereocenters. The van der Waals surface area contributed by atoms with Crippen LogP contribution in [0.3, 0.4) is 0 Å². The van der Waals surface area contributed by atoms with Gasteiger partial charge in [0.05, 0.1) is 18.3 Å². The molecule has 0 saturated carbocycles. The number of pyridine rings is 1. The lowest BCUT2D eigenvalue weighted by molar-refractivity contribution is 0.0596. The van der Waals surface area contributed by atoms with Crippen LogP contribution in [-0.4, -0.2) is 18.1 Å². The van der Waals surface area contributed by atoms with E-state index >= 15 is 0 Å². The first-order valence-electron chi connectivity index (χ1n) is 4.87. The summed E-state index contributed by atoms with van der Waals surface area (Å²) in [5.74, 6) is -0.513. The Morgan fingerprint density at radius 1 is 1.38 bits per heavy atom. The Bertz CT molecular complexity index is 564. The number of aromatic nitrogens is 1. The van der Waals surface area contributed by atoms with Crippen molar-refractivity contribution in [1.82, 2.24) is 4.98 Å². The van der Waals surface area contributed by atoms with Crippen LogP contribution in [0.2, 0.25) is 0 Å². The molecule has 82 valence electrons. The maximum Gasteiger partial charge on any atom is 0.358 e. The molecule has 1 aromatic heterocycles. The molecule has 0 fully saturated rings. The van der Waals surface area contributed by atoms with Crippen molar-refractivity contribution in [3.63, 3.8) is 0 Å². The Kier molecular flexibility index (Phi) is 2.48. The SMILES string of the molecule is COC(=O)c1nc2cc(C)ccc2cc1N. The van der Waals surface area contributed by atoms with Gasteiger partial charge < -0.3 is 10.5 Å². The second-order valence-electron chi connectivity index (χ2n) is 3.61. The molecular formula is C12H12N2O2. The van der Waals surface area contributed by atoms with Crippen LogP contribution in [0.25, 0.3) is 10.9 Å². The van der Waals surface area contributed by atoms with Crippen molar-refractivity contribution >= 4 is 22.6 Å². The molecule has 0 amide bonds. The fraction of sp³-hybridized carbons (Fsp3) is 0.167. The third-order valence-corrected chi connectivity index (χ3v) is 2.38. The molecule has 4 heteroatoms. The highest BCUT2D eigenvalue weighted by Crippen LogP contribution is 2.20. The molecule has 1 aromatic carbocycles. The van der Waals surface area contributed by atoms with E-state index < -0.39 is 5.97 Å². The van der Waals surface area contributed by atoms with Gasteiger partial charge in [0.15, 0.2) is 5.69 Å². The number of hydrogen-bond acceptors (Lipinski definition) is 4. The van der Waals surface area contributed by atoms with E-state index in [0.29, 0.717) is 5.69 Å². The zero-order chi connectivity index (χ0) is 11.7. The van der Waals surface area contributed by atoms with E-state index in [1.807, 2.05) is 25.1 Å². The minimum atomic E-state index is -0.513. The van der Waals surface area contributed by atoms with Crippen LogP contribution in [0, 0.1) is 6.92 Å². The lowest BCUT2D eigenvalue weighted by Crippen LogP contribution is -2.08. The van der Waals surface area contributed by atoms with Gasteiger partial charge in [-0.05, 0) is 24.6 Å². The highest BCUT2D eigenvalue weighted by molar-refractivity contribution is 5.97. The number of rotatable bonds is 1. The molecule has 1 heterocycles. The fourth-order valence-corrected chi connectivity index (χ4v) is 1.55. The van der Waals surface area contributed by atoms with Gasteiger partial charge in [0.1, 0.15) is 0 Å². The standard InChI is InChI=1S/C12H12N2O2/c1-7-3-4-8-6-9(13)11(12(15)16-2)14-10(8)5-7/h3-6H,13H2,1-2H3. The molecule has 0 saturated heterocycles. The zero-order valence-electron chi connectivity index (χ0n) is 9.15. The third kappa shape index (κ3) is 1.69. The zero-order valence-corrected chi connectivity index (χ0v) is 9.15. The van der Waals surface area contributed by atoms with Crippen molar-refractivity contribution in [3.05, 3.63) is 35.5 Å². The van der Waals surface area contributed by atoms with Gasteiger partial charge in [0.2, 0.25) is 0 Å². The van der Waals surface area contributed by atoms with Gasteiger partial charge in [0, 0.05) is 5.39 Å². The summed E-state index contributed by atoms with van der Waals surface area (Å²) in [6.07, 6.45) is 0. The van der Waals surface area contributed by atoms with Crippen molar-refractivity contribution in [2.75, 3.05) is 12.8 Å². The van der Waals surface area contributed by atoms with Crippen molar-refractivity contribution in [1.29, 1.82) is 0 Å². The first-order valence-corrected chi connectivity index (χ1v) is 4.87. The van der Waals surface area contributed by atoms with E-state index in [1.165, 1.54) is 7.11 Å². The quantitative estimate of drug-likeness (QED) is 0.739. The molecule has 0 aliphatic heterocycles. The van der Waals surface area contributed by atoms with Gasteiger partial charge in [-0.25, -0.2) is 9.78 Å². The van der Waals surface area contributed by atoms with Gasteiger partial charge in [-0.3, -0.25) is 0 Å². The summed E-state index contributed by atoms with van der Waals surface area (Å²) in [5, 5.41) is 0.913. The minimum absolute atomic E-state index is 0.167. The predicted molar refractivity (Wildman–Crippen MR) is 62.2 cm³/mol. The number of aryl methyl sites for hydroxylation is 1. The van der Waals surface area contributed by atoms with E-state index in [4.69, 9.17) is 5.73 Å². The van der Waals surface area contributed by atoms with Crippen LogP contribution in [0.5, 0.6) is 0 Å². The number of methoxy groups -OCH3 is 1. The first-order chi connectivity index (χ1) is 7.61. The molecule has 2 rings (SSSR count). The summed E-state index contributed by atoms with van der Waals surface area (Å²) < 4.78 is 4.61. The van der Waals surface area contributed by atoms with Crippen molar-refractivity contribution in [2.45, 2.75) is 6.92 Å². The summed E-state index contributed by atoms with van der Waals surface area (Å²) in [4.78, 5) is 15.6. The van der Waals surface area contributed by atoms with Crippen LogP contribution >= 0.6 is 0 Å². The van der Waals surface area contributed by atoms with Gasteiger partial charge in [-0.15, -0.1) is 0 Å². The van der Waals surface area contributed by atoms with Crippen molar-refractivity contribution < 1.29 is 9.53 Å². The van der Waals surface area contributed by atoms with Crippen LogP contribution < -0.4 is 5.73 Å². The van der Waals surface area contributed by atoms with Crippen LogP contribution in [-0.2, 0) is 4.74 Å². The lowest BCUT2D eigenvalue weighted by atomic mass is 10.1. The van der Waals surface area contributed by atoms with Crippen LogP contribution in [0.15, 0.2) is 24.3 Å². The molecule has 4 nitrogen and oxygen atoms in total. The second-order valence-corrected chi connectivity index (χ2v) is 3.61. The maximum absolute atomic E-state index is 11.4. The smallest absolute Gasteiger partial charge is 0.358 e. The van der Waals surface area contributed by atoms with E-state index in [-0.39, 0.29) is 5.69 Å². The normalized spacial score (nSPS) is 10.4. The van der Waals surface area contributed by atoms with Gasteiger partial charge in [0.25, 0.3) is 0 Å². The second kappa shape index (κ2) is 3.81. The minimum Gasteiger partial charge on any atom is -0.464 e. The van der Waals surface area contributed by atoms with E-state index in [0.717, 1.165) is 16.5 Å². The number of nitrogen functional groups attached to an aromatic ring is 1. The van der Waals surface area contributed by atoms with E-state index in [2.05, 4.69) is 9.72 Å². The Hall–Kier alpha value is -2.10. The van der Waals surface area contributed by atoms with Gasteiger partial charge in [-0.1, -0.05) is 12.1 Å². The molecule has 2 N–H and O–H groups in total. The summed E-state index contributed by atoms with van der Waals surface area (Å²) in [5.41, 5.74) is 8.07. The Balaban J connectivity index is 2.68. The maximum atomic E-state index is 11.4.